The van der Waals surface area contributed by atoms with E-state index in [0.717, 1.165) is 43.2 Å². The monoisotopic (exact) mass is 528 g/mol. The normalized spacial score (nSPS) is 42.2. The third-order valence-electron chi connectivity index (χ3n) is 8.92. The van der Waals surface area contributed by atoms with Crippen LogP contribution in [0.25, 0.3) is 0 Å². The lowest BCUT2D eigenvalue weighted by Crippen LogP contribution is -2.61. The lowest BCUT2D eigenvalue weighted by Gasteiger charge is -2.51. The molecule has 1 aromatic rings. The number of ether oxygens (including phenoxy) is 2. The lowest BCUT2D eigenvalue weighted by molar-refractivity contribution is -0.312. The van der Waals surface area contributed by atoms with Gasteiger partial charge in [0.05, 0.1) is 6.10 Å². The third-order valence-corrected chi connectivity index (χ3v) is 9.33. The zero-order valence-corrected chi connectivity index (χ0v) is 20.6. The predicted octanol–water partition coefficient (Wildman–Crippen LogP) is 1.00. The average Bonchev–Trinajstić information content (AvgIpc) is 3.13. The number of hydrogen-bond donors (Lipinski definition) is 5. The number of benzene rings is 1. The number of fused-ring (bicyclic) bond motifs is 5. The Hall–Kier alpha value is -1.80. The Labute approximate surface area is 208 Å². The van der Waals surface area contributed by atoms with Gasteiger partial charge in [0.25, 0.3) is 0 Å². The van der Waals surface area contributed by atoms with Crippen molar-refractivity contribution in [2.45, 2.75) is 88.2 Å². The summed E-state index contributed by atoms with van der Waals surface area (Å²) in [6.45, 7) is 2.15. The Kier molecular flexibility index (Phi) is 6.60. The summed E-state index contributed by atoms with van der Waals surface area (Å²) in [5.74, 6) is -0.383. The zero-order chi connectivity index (χ0) is 26.0. The van der Waals surface area contributed by atoms with Gasteiger partial charge in [-0.3, -0.25) is 4.55 Å². The molecule has 0 bridgehead atoms. The molecular formula is C24H32O11S. The molecule has 1 heterocycles. The van der Waals surface area contributed by atoms with Gasteiger partial charge in [0.15, 0.2) is 12.4 Å². The highest BCUT2D eigenvalue weighted by atomic mass is 32.3. The maximum absolute atomic E-state index is 11.5. The molecule has 5 N–H and O–H groups in total. The molecule has 2 saturated carbocycles. The summed E-state index contributed by atoms with van der Waals surface area (Å²) in [4.78, 5) is 11.5. The van der Waals surface area contributed by atoms with E-state index in [-0.39, 0.29) is 23.2 Å². The maximum atomic E-state index is 11.5. The van der Waals surface area contributed by atoms with Gasteiger partial charge in [-0.05, 0) is 85.0 Å². The Morgan fingerprint density at radius 2 is 1.83 bits per heavy atom. The quantitative estimate of drug-likeness (QED) is 0.344. The van der Waals surface area contributed by atoms with Gasteiger partial charge in [-0.2, -0.15) is 8.42 Å². The maximum Gasteiger partial charge on any atom is 0.446 e. The van der Waals surface area contributed by atoms with Gasteiger partial charge in [-0.15, -0.1) is 0 Å². The van der Waals surface area contributed by atoms with Crippen molar-refractivity contribution in [3.05, 3.63) is 29.3 Å². The fraction of sp³-hybridized carbons (Fsp3) is 0.708. The molecule has 9 unspecified atom stereocenters. The SMILES string of the molecule is C[C@]12CCC3c4ccc(OS(=O)(=O)O)cc4CCC3C1CCC2OC1OC(C(=O)O)C(O)C(O)C1O. The molecule has 0 aromatic heterocycles. The van der Waals surface area contributed by atoms with Crippen molar-refractivity contribution in [2.24, 2.45) is 17.3 Å². The van der Waals surface area contributed by atoms with E-state index in [9.17, 15) is 33.6 Å². The summed E-state index contributed by atoms with van der Waals surface area (Å²) in [6.07, 6.45) is -3.49. The van der Waals surface area contributed by atoms with E-state index in [0.29, 0.717) is 18.3 Å². The molecule has 1 saturated heterocycles. The molecule has 3 fully saturated rings. The Morgan fingerprint density at radius 1 is 1.08 bits per heavy atom. The van der Waals surface area contributed by atoms with Crippen molar-refractivity contribution >= 4 is 16.4 Å². The van der Waals surface area contributed by atoms with Crippen molar-refractivity contribution in [3.63, 3.8) is 0 Å². The second-order valence-electron chi connectivity index (χ2n) is 10.8. The number of carboxylic acid groups (broad SMARTS) is 1. The smallest absolute Gasteiger partial charge is 0.446 e. The summed E-state index contributed by atoms with van der Waals surface area (Å²) in [7, 11) is -4.59. The number of aliphatic hydroxyl groups is 3. The topological polar surface area (TPSA) is 180 Å². The molecular weight excluding hydrogens is 496 g/mol. The first-order chi connectivity index (χ1) is 16.9. The summed E-state index contributed by atoms with van der Waals surface area (Å²) in [6, 6.07) is 5.11. The van der Waals surface area contributed by atoms with Crippen LogP contribution in [0.3, 0.4) is 0 Å². The highest BCUT2D eigenvalue weighted by molar-refractivity contribution is 7.81. The largest absolute Gasteiger partial charge is 0.479 e. The minimum Gasteiger partial charge on any atom is -0.479 e. The summed E-state index contributed by atoms with van der Waals surface area (Å²) in [5, 5.41) is 39.9. The summed E-state index contributed by atoms with van der Waals surface area (Å²) in [5.41, 5.74) is 1.93. The van der Waals surface area contributed by atoms with Crippen LogP contribution in [0.1, 0.15) is 56.1 Å². The van der Waals surface area contributed by atoms with Gasteiger partial charge in [0, 0.05) is 0 Å². The molecule has 12 heteroatoms. The predicted molar refractivity (Wildman–Crippen MR) is 122 cm³/mol. The first-order valence-corrected chi connectivity index (χ1v) is 13.6. The molecule has 1 aliphatic heterocycles. The van der Waals surface area contributed by atoms with Crippen LogP contribution in [0.4, 0.5) is 0 Å². The van der Waals surface area contributed by atoms with E-state index >= 15 is 0 Å². The highest BCUT2D eigenvalue weighted by Crippen LogP contribution is 2.62. The van der Waals surface area contributed by atoms with Crippen LogP contribution in [-0.2, 0) is 31.1 Å². The Bertz CT molecular complexity index is 1120. The lowest BCUT2D eigenvalue weighted by atomic mass is 9.55. The molecule has 10 atom stereocenters. The van der Waals surface area contributed by atoms with Gasteiger partial charge in [-0.1, -0.05) is 13.0 Å². The highest BCUT2D eigenvalue weighted by Gasteiger charge is 2.57. The third kappa shape index (κ3) is 4.42. The van der Waals surface area contributed by atoms with E-state index in [1.165, 1.54) is 0 Å². The second kappa shape index (κ2) is 9.19. The van der Waals surface area contributed by atoms with Crippen LogP contribution in [-0.4, -0.2) is 76.2 Å². The van der Waals surface area contributed by atoms with E-state index in [4.69, 9.17) is 14.0 Å². The van der Waals surface area contributed by atoms with E-state index in [2.05, 4.69) is 11.1 Å². The first-order valence-electron chi connectivity index (χ1n) is 12.3. The summed E-state index contributed by atoms with van der Waals surface area (Å²) >= 11 is 0. The number of hydrogen-bond acceptors (Lipinski definition) is 9. The summed E-state index contributed by atoms with van der Waals surface area (Å²) < 4.78 is 47.3. The molecule has 3 aliphatic carbocycles. The standard InChI is InChI=1S/C24H32O11S/c1-24-9-8-14-13-5-3-12(35-36(30,31)32)10-11(13)2-4-15(14)16(24)6-7-17(24)33-23-20(27)18(25)19(26)21(34-23)22(28)29/h3,5,10,14-21,23,25-27H,2,4,6-9H2,1H3,(H,28,29)(H,30,31,32)/t14?,15?,16?,17?,18?,19?,20?,21?,23?,24-/m0/s1. The van der Waals surface area contributed by atoms with Crippen LogP contribution >= 0.6 is 0 Å². The molecule has 36 heavy (non-hydrogen) atoms. The second-order valence-corrected chi connectivity index (χ2v) is 11.8. The van der Waals surface area contributed by atoms with Gasteiger partial charge in [-0.25, -0.2) is 4.79 Å². The number of aliphatic hydroxyl groups excluding tert-OH is 3. The van der Waals surface area contributed by atoms with E-state index in [1.807, 2.05) is 6.07 Å². The number of aliphatic carboxylic acids is 1. The molecule has 0 radical (unpaired) electrons. The van der Waals surface area contributed by atoms with E-state index in [1.54, 1.807) is 12.1 Å². The molecule has 11 nitrogen and oxygen atoms in total. The fourth-order valence-corrected chi connectivity index (χ4v) is 7.58. The van der Waals surface area contributed by atoms with Crippen molar-refractivity contribution in [2.75, 3.05) is 0 Å². The molecule has 0 amide bonds. The molecule has 4 aliphatic rings. The van der Waals surface area contributed by atoms with Crippen LogP contribution < -0.4 is 4.18 Å². The number of carbonyl (C=O) groups is 1. The van der Waals surface area contributed by atoms with Crippen LogP contribution in [0.15, 0.2) is 18.2 Å². The van der Waals surface area contributed by atoms with Crippen molar-refractivity contribution in [1.82, 2.24) is 0 Å². The van der Waals surface area contributed by atoms with Gasteiger partial charge < -0.3 is 34.1 Å². The fourth-order valence-electron chi connectivity index (χ4n) is 7.23. The zero-order valence-electron chi connectivity index (χ0n) is 19.8. The first kappa shape index (κ1) is 25.8. The number of rotatable bonds is 5. The number of carboxylic acids is 1. The minimum atomic E-state index is -4.59. The van der Waals surface area contributed by atoms with Crippen molar-refractivity contribution in [3.8, 4) is 5.75 Å². The van der Waals surface area contributed by atoms with Crippen molar-refractivity contribution < 1.29 is 51.8 Å². The molecule has 0 spiro atoms. The van der Waals surface area contributed by atoms with E-state index < -0.39 is 47.1 Å². The van der Waals surface area contributed by atoms with Crippen LogP contribution in [0, 0.1) is 17.3 Å². The van der Waals surface area contributed by atoms with Gasteiger partial charge in [0.2, 0.25) is 0 Å². The van der Waals surface area contributed by atoms with Gasteiger partial charge >= 0.3 is 16.4 Å². The number of aryl methyl sites for hydroxylation is 1. The van der Waals surface area contributed by atoms with Crippen molar-refractivity contribution in [1.29, 1.82) is 0 Å². The molecule has 1 aromatic carbocycles. The van der Waals surface area contributed by atoms with Crippen LogP contribution in [0.2, 0.25) is 0 Å². The molecule has 5 rings (SSSR count). The molecule has 200 valence electrons. The average molecular weight is 529 g/mol. The minimum absolute atomic E-state index is 0.0858. The van der Waals surface area contributed by atoms with Gasteiger partial charge in [0.1, 0.15) is 24.1 Å². The van der Waals surface area contributed by atoms with Crippen LogP contribution in [0.5, 0.6) is 5.75 Å². The Balaban J connectivity index is 1.32. The Morgan fingerprint density at radius 3 is 2.53 bits per heavy atom.